The molecule has 0 aromatic heterocycles. The van der Waals surface area contributed by atoms with Crippen molar-refractivity contribution >= 4 is 29.3 Å². The van der Waals surface area contributed by atoms with E-state index in [-0.39, 0.29) is 42.4 Å². The lowest BCUT2D eigenvalue weighted by atomic mass is 9.95. The molecule has 0 unspecified atom stereocenters. The first-order valence-electron chi connectivity index (χ1n) is 15.7. The molecule has 2 aromatic rings. The van der Waals surface area contributed by atoms with E-state index >= 15 is 0 Å². The van der Waals surface area contributed by atoms with Gasteiger partial charge in [0.1, 0.15) is 17.8 Å². The summed E-state index contributed by atoms with van der Waals surface area (Å²) in [6.07, 6.45) is 3.21. The number of nitrogens with zero attached hydrogens (tertiary/aromatic N) is 1. The Morgan fingerprint density at radius 3 is 2.33 bits per heavy atom. The number of benzene rings is 2. The highest BCUT2D eigenvalue weighted by atomic mass is 35.5. The van der Waals surface area contributed by atoms with Crippen molar-refractivity contribution < 1.29 is 19.5 Å². The predicted octanol–water partition coefficient (Wildman–Crippen LogP) is 1.41. The predicted molar refractivity (Wildman–Crippen MR) is 179 cm³/mol. The molecule has 0 radical (unpaired) electrons. The van der Waals surface area contributed by atoms with Crippen LogP contribution in [-0.2, 0) is 27.2 Å². The summed E-state index contributed by atoms with van der Waals surface area (Å²) in [6, 6.07) is 8.49. The van der Waals surface area contributed by atoms with Gasteiger partial charge in [-0.3, -0.25) is 14.4 Å². The number of carbonyl (C=O) groups excluding carboxylic acids is 3. The molecule has 3 rings (SSSR count). The van der Waals surface area contributed by atoms with Crippen LogP contribution in [0.25, 0.3) is 11.1 Å². The van der Waals surface area contributed by atoms with Crippen LogP contribution in [0, 0.1) is 0 Å². The minimum absolute atomic E-state index is 0.0632. The highest BCUT2D eigenvalue weighted by Gasteiger charge is 2.34. The quantitative estimate of drug-likeness (QED) is 0.162. The molecule has 0 aliphatic carbocycles. The molecule has 45 heavy (non-hydrogen) atoms. The summed E-state index contributed by atoms with van der Waals surface area (Å²) in [7, 11) is 8.89. The van der Waals surface area contributed by atoms with Crippen LogP contribution >= 0.6 is 11.6 Å². The largest absolute Gasteiger partial charge is 0.508 e. The molecule has 3 amide bonds. The van der Waals surface area contributed by atoms with Gasteiger partial charge in [-0.2, -0.15) is 0 Å². The van der Waals surface area contributed by atoms with Crippen molar-refractivity contribution in [1.29, 1.82) is 0 Å². The summed E-state index contributed by atoms with van der Waals surface area (Å²) in [5.74, 6) is -0.948. The Hall–Kier alpha value is -3.22. The summed E-state index contributed by atoms with van der Waals surface area (Å²) >= 11 is 6.70. The van der Waals surface area contributed by atoms with Crippen molar-refractivity contribution in [2.24, 2.45) is 0 Å². The minimum atomic E-state index is -0.885. The van der Waals surface area contributed by atoms with E-state index in [0.717, 1.165) is 30.5 Å². The number of amides is 3. The lowest BCUT2D eigenvalue weighted by molar-refractivity contribution is -0.142. The van der Waals surface area contributed by atoms with E-state index in [4.69, 9.17) is 11.6 Å². The normalized spacial score (nSPS) is 19.8. The number of phenols is 1. The molecule has 0 fully saturated rings. The molecule has 0 saturated heterocycles. The molecule has 1 heterocycles. The molecule has 11 nitrogen and oxygen atoms in total. The van der Waals surface area contributed by atoms with Crippen molar-refractivity contribution in [3.63, 3.8) is 0 Å². The first-order valence-corrected chi connectivity index (χ1v) is 16.1. The molecule has 248 valence electrons. The topological polar surface area (TPSA) is 147 Å². The zero-order valence-electron chi connectivity index (χ0n) is 27.1. The fourth-order valence-corrected chi connectivity index (χ4v) is 5.82. The Kier molecular flexibility index (Phi) is 14.5. The van der Waals surface area contributed by atoms with Crippen LogP contribution in [-0.4, -0.2) is 107 Å². The van der Waals surface area contributed by atoms with E-state index in [2.05, 4.69) is 31.9 Å². The van der Waals surface area contributed by atoms with E-state index < -0.39 is 18.1 Å². The van der Waals surface area contributed by atoms with E-state index in [9.17, 15) is 19.5 Å². The van der Waals surface area contributed by atoms with Crippen LogP contribution in [0.3, 0.4) is 0 Å². The molecule has 7 N–H and O–H groups in total. The van der Waals surface area contributed by atoms with Gasteiger partial charge in [0.2, 0.25) is 17.7 Å². The van der Waals surface area contributed by atoms with Crippen molar-refractivity contribution in [2.75, 3.05) is 54.9 Å². The molecule has 4 atom stereocenters. The summed E-state index contributed by atoms with van der Waals surface area (Å²) in [4.78, 5) is 43.0. The molecule has 1 aliphatic heterocycles. The number of likely N-dealkylation sites (N-methyl/N-ethyl adjacent to an activating group) is 3. The van der Waals surface area contributed by atoms with E-state index in [1.807, 2.05) is 45.4 Å². The fourth-order valence-electron chi connectivity index (χ4n) is 5.63. The number of rotatable bonds is 13. The maximum atomic E-state index is 14.1. The van der Waals surface area contributed by atoms with Crippen LogP contribution in [0.4, 0.5) is 0 Å². The summed E-state index contributed by atoms with van der Waals surface area (Å²) in [6.45, 7) is 1.93. The number of phenolic OH excluding ortho intramolecular Hbond substituents is 1. The van der Waals surface area contributed by atoms with Gasteiger partial charge >= 0.3 is 0 Å². The molecular formula is C33H50ClN7O4. The second kappa shape index (κ2) is 18.1. The van der Waals surface area contributed by atoms with Gasteiger partial charge < -0.3 is 41.9 Å². The van der Waals surface area contributed by atoms with Crippen molar-refractivity contribution in [3.05, 3.63) is 52.5 Å². The number of hydrogen-bond donors (Lipinski definition) is 7. The fraction of sp³-hybridized carbons (Fsp3) is 0.545. The maximum Gasteiger partial charge on any atom is 0.245 e. The van der Waals surface area contributed by atoms with Gasteiger partial charge in [0.15, 0.2) is 0 Å². The first-order chi connectivity index (χ1) is 21.6. The van der Waals surface area contributed by atoms with Crippen LogP contribution in [0.5, 0.6) is 5.75 Å². The number of aromatic hydroxyl groups is 1. The van der Waals surface area contributed by atoms with E-state index in [0.29, 0.717) is 42.1 Å². The zero-order valence-corrected chi connectivity index (χ0v) is 27.9. The van der Waals surface area contributed by atoms with Gasteiger partial charge in [0.25, 0.3) is 0 Å². The maximum absolute atomic E-state index is 14.1. The second-order valence-corrected chi connectivity index (χ2v) is 12.1. The number of nitrogens with one attached hydrogen (secondary N) is 6. The average Bonchev–Trinajstić information content (AvgIpc) is 3.04. The van der Waals surface area contributed by atoms with Crippen molar-refractivity contribution in [3.8, 4) is 16.9 Å². The number of fused-ring (bicyclic) bond motifs is 5. The molecule has 0 spiro atoms. The summed E-state index contributed by atoms with van der Waals surface area (Å²) in [5, 5.41) is 29.7. The molecule has 0 saturated carbocycles. The summed E-state index contributed by atoms with van der Waals surface area (Å²) < 4.78 is 0. The zero-order chi connectivity index (χ0) is 32.9. The number of carbonyl (C=O) groups is 3. The molecule has 4 bridgehead atoms. The van der Waals surface area contributed by atoms with Gasteiger partial charge in [-0.05, 0) is 113 Å². The van der Waals surface area contributed by atoms with Gasteiger partial charge in [0.05, 0.1) is 6.04 Å². The SMILES string of the molecule is CNCCC[C@@H](CNC(=O)[C@@H]1Cc2cc(ccc2Cl)-c2ccc(O)c(c2)C[C@H](NC)C(=O)N[C@@H](CCCNC)C(=O)N1C)NC. The Balaban J connectivity index is 2.06. The molecular weight excluding hydrogens is 594 g/mol. The standard InChI is InChI=1S/C33H50ClN7O4/c1-35-14-6-8-25(37-3)20-39-32(44)29-19-23-16-21(10-12-26(23)34)22-11-13-30(42)24(17-22)18-28(38-4)31(43)40-27(9-7-15-36-2)33(45)41(29)5/h10-13,16-17,25,27-29,35-38,42H,6-9,14-15,18-20H2,1-5H3,(H,39,44)(H,40,43)/t25-,27-,28-,29-/m0/s1. The van der Waals surface area contributed by atoms with Gasteiger partial charge in [-0.1, -0.05) is 23.7 Å². The lowest BCUT2D eigenvalue weighted by Gasteiger charge is -2.32. The first kappa shape index (κ1) is 36.3. The third kappa shape index (κ3) is 10.1. The summed E-state index contributed by atoms with van der Waals surface area (Å²) in [5.41, 5.74) is 2.98. The smallest absolute Gasteiger partial charge is 0.245 e. The third-order valence-electron chi connectivity index (χ3n) is 8.52. The molecule has 12 heteroatoms. The number of halogens is 1. The van der Waals surface area contributed by atoms with E-state index in [1.165, 1.54) is 4.90 Å². The Bertz CT molecular complexity index is 1290. The van der Waals surface area contributed by atoms with Crippen LogP contribution < -0.4 is 31.9 Å². The van der Waals surface area contributed by atoms with Crippen molar-refractivity contribution in [1.82, 2.24) is 36.8 Å². The molecule has 1 aliphatic rings. The highest BCUT2D eigenvalue weighted by molar-refractivity contribution is 6.31. The highest BCUT2D eigenvalue weighted by Crippen LogP contribution is 2.31. The average molecular weight is 644 g/mol. The Labute approximate surface area is 272 Å². The monoisotopic (exact) mass is 643 g/mol. The van der Waals surface area contributed by atoms with Gasteiger partial charge in [0, 0.05) is 37.5 Å². The number of hydrogen-bond acceptors (Lipinski definition) is 8. The second-order valence-electron chi connectivity index (χ2n) is 11.6. The van der Waals surface area contributed by atoms with Gasteiger partial charge in [-0.15, -0.1) is 0 Å². The minimum Gasteiger partial charge on any atom is -0.508 e. The van der Waals surface area contributed by atoms with E-state index in [1.54, 1.807) is 26.2 Å². The van der Waals surface area contributed by atoms with Gasteiger partial charge in [-0.25, -0.2) is 0 Å². The van der Waals surface area contributed by atoms with Crippen LogP contribution in [0.2, 0.25) is 5.02 Å². The Morgan fingerprint density at radius 1 is 1.00 bits per heavy atom. The molecule has 2 aromatic carbocycles. The van der Waals surface area contributed by atoms with Crippen LogP contribution in [0.1, 0.15) is 36.8 Å². The van der Waals surface area contributed by atoms with Crippen molar-refractivity contribution in [2.45, 2.75) is 62.7 Å². The van der Waals surface area contributed by atoms with Crippen LogP contribution in [0.15, 0.2) is 36.4 Å². The third-order valence-corrected chi connectivity index (χ3v) is 8.89. The lowest BCUT2D eigenvalue weighted by Crippen LogP contribution is -2.57. The Morgan fingerprint density at radius 2 is 1.67 bits per heavy atom.